The van der Waals surface area contributed by atoms with Crippen molar-refractivity contribution in [1.82, 2.24) is 19.8 Å². The van der Waals surface area contributed by atoms with Gasteiger partial charge in [0, 0.05) is 23.7 Å². The summed E-state index contributed by atoms with van der Waals surface area (Å²) in [6, 6.07) is 8.15. The van der Waals surface area contributed by atoms with Crippen LogP contribution in [0.25, 0.3) is 22.8 Å². The number of hydrogen-bond donors (Lipinski definition) is 2. The first-order valence-electron chi connectivity index (χ1n) is 13.6. The molecule has 3 heterocycles. The maximum absolute atomic E-state index is 13.5. The number of ether oxygens (including phenoxy) is 1. The van der Waals surface area contributed by atoms with Crippen molar-refractivity contribution in [1.29, 1.82) is 0 Å². The Bertz CT molecular complexity index is 1520. The van der Waals surface area contributed by atoms with E-state index < -0.39 is 10.0 Å². The van der Waals surface area contributed by atoms with E-state index in [1.807, 2.05) is 6.92 Å². The molecule has 0 radical (unpaired) electrons. The average Bonchev–Trinajstić information content (AvgIpc) is 3.37. The molecule has 3 aromatic rings. The van der Waals surface area contributed by atoms with Crippen molar-refractivity contribution in [2.45, 2.75) is 69.4 Å². The summed E-state index contributed by atoms with van der Waals surface area (Å²) in [6.07, 6.45) is 7.98. The molecule has 9 nitrogen and oxygen atoms in total. The van der Waals surface area contributed by atoms with Gasteiger partial charge in [0.1, 0.15) is 0 Å². The van der Waals surface area contributed by atoms with E-state index in [4.69, 9.17) is 9.26 Å². The monoisotopic (exact) mass is 536 g/mol. The van der Waals surface area contributed by atoms with E-state index in [2.05, 4.69) is 19.8 Å². The van der Waals surface area contributed by atoms with Crippen LogP contribution in [0.15, 0.2) is 44.5 Å². The summed E-state index contributed by atoms with van der Waals surface area (Å²) >= 11 is 0. The first-order valence-corrected chi connectivity index (χ1v) is 15.1. The molecular weight excluding hydrogens is 504 g/mol. The lowest BCUT2D eigenvalue weighted by Crippen LogP contribution is -2.55. The highest BCUT2D eigenvalue weighted by molar-refractivity contribution is 7.89. The standard InChI is InChI=1S/C28H32N4O5S/c1-16(28-12-17-7-18(13-28)9-19(8-17)14-28)32-38(34,35)22-4-2-3-20(10-22)27-30-25(31-37-27)23-11-21-15-36-6-5-24(21)29-26(23)33/h2-4,10-11,16-19,32H,5-9,12-15H2,1H3,(H,29,33). The first-order chi connectivity index (χ1) is 18.3. The van der Waals surface area contributed by atoms with Gasteiger partial charge < -0.3 is 14.2 Å². The van der Waals surface area contributed by atoms with E-state index in [0.717, 1.165) is 48.3 Å². The third-order valence-corrected chi connectivity index (χ3v) is 10.9. The first kappa shape index (κ1) is 24.2. The number of nitrogens with zero attached hydrogens (tertiary/aromatic N) is 2. The summed E-state index contributed by atoms with van der Waals surface area (Å²) in [5, 5.41) is 4.01. The minimum Gasteiger partial charge on any atom is -0.376 e. The van der Waals surface area contributed by atoms with E-state index >= 15 is 0 Å². The van der Waals surface area contributed by atoms with Gasteiger partial charge in [-0.15, -0.1) is 0 Å². The van der Waals surface area contributed by atoms with Gasteiger partial charge in [0.25, 0.3) is 11.4 Å². The summed E-state index contributed by atoms with van der Waals surface area (Å²) in [5.74, 6) is 2.55. The van der Waals surface area contributed by atoms with Crippen LogP contribution in [0.1, 0.15) is 56.7 Å². The van der Waals surface area contributed by atoms with Gasteiger partial charge in [0.15, 0.2) is 0 Å². The Hall–Kier alpha value is -2.82. The molecule has 0 saturated heterocycles. The lowest BCUT2D eigenvalue weighted by molar-refractivity contribution is -0.0666. The Labute approximate surface area is 221 Å². The van der Waals surface area contributed by atoms with Crippen LogP contribution in [-0.2, 0) is 27.8 Å². The molecule has 4 aliphatic carbocycles. The second-order valence-corrected chi connectivity index (χ2v) is 13.6. The molecule has 4 saturated carbocycles. The third-order valence-electron chi connectivity index (χ3n) is 9.36. The van der Waals surface area contributed by atoms with Gasteiger partial charge in [0.2, 0.25) is 15.8 Å². The molecule has 2 aromatic heterocycles. The summed E-state index contributed by atoms with van der Waals surface area (Å²) < 4.78 is 41.0. The molecule has 8 rings (SSSR count). The number of hydrogen-bond acceptors (Lipinski definition) is 7. The second kappa shape index (κ2) is 8.86. The fraction of sp³-hybridized carbons (Fsp3) is 0.536. The van der Waals surface area contributed by atoms with E-state index in [1.165, 1.54) is 19.3 Å². The number of nitrogens with one attached hydrogen (secondary N) is 2. The van der Waals surface area contributed by atoms with Crippen LogP contribution < -0.4 is 10.3 Å². The number of benzene rings is 1. The second-order valence-electron chi connectivity index (χ2n) is 11.9. The third kappa shape index (κ3) is 4.13. The molecule has 1 atom stereocenters. The molecule has 4 bridgehead atoms. The summed E-state index contributed by atoms with van der Waals surface area (Å²) in [5.41, 5.74) is 2.29. The van der Waals surface area contributed by atoms with Crippen LogP contribution in [0.4, 0.5) is 0 Å². The highest BCUT2D eigenvalue weighted by Crippen LogP contribution is 2.61. The SMILES string of the molecule is CC(NS(=O)(=O)c1cccc(-c2nc(-c3cc4c([nH]c3=O)CCOC4)no2)c1)C12CC3CC(CC(C3)C1)C2. The Kier molecular flexibility index (Phi) is 5.65. The van der Waals surface area contributed by atoms with Gasteiger partial charge in [0.05, 0.1) is 23.7 Å². The Morgan fingerprint density at radius 1 is 1.11 bits per heavy atom. The maximum Gasteiger partial charge on any atom is 0.259 e. The lowest BCUT2D eigenvalue weighted by Gasteiger charge is -2.59. The van der Waals surface area contributed by atoms with Gasteiger partial charge in [-0.3, -0.25) is 4.79 Å². The van der Waals surface area contributed by atoms with Gasteiger partial charge >= 0.3 is 0 Å². The van der Waals surface area contributed by atoms with Crippen LogP contribution in [0, 0.1) is 23.2 Å². The molecule has 1 aromatic carbocycles. The molecule has 2 N–H and O–H groups in total. The Morgan fingerprint density at radius 2 is 1.84 bits per heavy atom. The zero-order valence-corrected chi connectivity index (χ0v) is 22.2. The van der Waals surface area contributed by atoms with Crippen molar-refractivity contribution in [2.75, 3.05) is 6.61 Å². The smallest absolute Gasteiger partial charge is 0.259 e. The summed E-state index contributed by atoms with van der Waals surface area (Å²) in [7, 11) is -3.75. The Balaban J connectivity index is 1.13. The average molecular weight is 537 g/mol. The maximum atomic E-state index is 13.5. The number of fused-ring (bicyclic) bond motifs is 1. The van der Waals surface area contributed by atoms with E-state index in [9.17, 15) is 13.2 Å². The fourth-order valence-electron chi connectivity index (χ4n) is 7.87. The highest BCUT2D eigenvalue weighted by Gasteiger charge is 2.53. The quantitative estimate of drug-likeness (QED) is 0.487. The molecular formula is C28H32N4O5S. The minimum absolute atomic E-state index is 0.0633. The number of H-pyrrole nitrogens is 1. The van der Waals surface area contributed by atoms with E-state index in [-0.39, 0.29) is 33.6 Å². The van der Waals surface area contributed by atoms with Crippen LogP contribution >= 0.6 is 0 Å². The summed E-state index contributed by atoms with van der Waals surface area (Å²) in [6.45, 7) is 3.03. The van der Waals surface area contributed by atoms with Crippen molar-refractivity contribution >= 4 is 10.0 Å². The normalized spacial score (nSPS) is 28.8. The fourth-order valence-corrected chi connectivity index (χ4v) is 9.26. The van der Waals surface area contributed by atoms with Crippen LogP contribution in [-0.4, -0.2) is 36.2 Å². The summed E-state index contributed by atoms with van der Waals surface area (Å²) in [4.78, 5) is 20.1. The molecule has 0 amide bonds. The van der Waals surface area contributed by atoms with Gasteiger partial charge in [-0.05, 0) is 98.4 Å². The zero-order valence-electron chi connectivity index (χ0n) is 21.4. The van der Waals surface area contributed by atoms with Crippen molar-refractivity contribution in [3.8, 4) is 22.8 Å². The largest absolute Gasteiger partial charge is 0.376 e. The highest BCUT2D eigenvalue weighted by atomic mass is 32.2. The number of pyridine rings is 1. The minimum atomic E-state index is -3.75. The van der Waals surface area contributed by atoms with Crippen LogP contribution in [0.3, 0.4) is 0 Å². The van der Waals surface area contributed by atoms with Gasteiger partial charge in [-0.2, -0.15) is 4.98 Å². The zero-order chi connectivity index (χ0) is 26.1. The molecule has 200 valence electrons. The molecule has 1 aliphatic heterocycles. The molecule has 5 aliphatic rings. The van der Waals surface area contributed by atoms with Crippen LogP contribution in [0.2, 0.25) is 0 Å². The number of aromatic nitrogens is 3. The van der Waals surface area contributed by atoms with Crippen molar-refractivity contribution in [2.24, 2.45) is 23.2 Å². The predicted octanol–water partition coefficient (Wildman–Crippen LogP) is 4.05. The van der Waals surface area contributed by atoms with Crippen LogP contribution in [0.5, 0.6) is 0 Å². The predicted molar refractivity (Wildman–Crippen MR) is 140 cm³/mol. The number of sulfonamides is 1. The topological polar surface area (TPSA) is 127 Å². The molecule has 1 unspecified atom stereocenters. The van der Waals surface area contributed by atoms with E-state index in [0.29, 0.717) is 30.8 Å². The number of aromatic amines is 1. The molecule has 38 heavy (non-hydrogen) atoms. The molecule has 10 heteroatoms. The van der Waals surface area contributed by atoms with Crippen molar-refractivity contribution < 1.29 is 17.7 Å². The number of rotatable bonds is 6. The van der Waals surface area contributed by atoms with Crippen molar-refractivity contribution in [3.63, 3.8) is 0 Å². The van der Waals surface area contributed by atoms with Gasteiger partial charge in [-0.1, -0.05) is 11.2 Å². The molecule has 4 fully saturated rings. The lowest BCUT2D eigenvalue weighted by atomic mass is 9.48. The Morgan fingerprint density at radius 3 is 2.58 bits per heavy atom. The van der Waals surface area contributed by atoms with Crippen molar-refractivity contribution in [3.05, 3.63) is 51.9 Å². The molecule has 0 spiro atoms. The van der Waals surface area contributed by atoms with E-state index in [1.54, 1.807) is 30.3 Å². The van der Waals surface area contributed by atoms with Gasteiger partial charge in [-0.25, -0.2) is 13.1 Å².